The first-order valence-electron chi connectivity index (χ1n) is 19.8. The van der Waals surface area contributed by atoms with Gasteiger partial charge in [0.05, 0.1) is 23.6 Å². The van der Waals surface area contributed by atoms with E-state index in [1.165, 1.54) is 11.0 Å². The lowest BCUT2D eigenvalue weighted by molar-refractivity contribution is -0.120. The molecule has 0 aliphatic carbocycles. The SMILES string of the molecule is CN1CCN([C@@H]2CCCN(c3nnc(C(N)=O)c(Nc4ccc(N5CCN(CC6CCN(c7ccc(N8CCC(=O)NC8=O)cn7)CC6)CC5)c(F)c4)n3)C2)C1=O. The van der Waals surface area contributed by atoms with E-state index in [0.29, 0.717) is 74.7 Å². The molecule has 7 heterocycles. The number of piperidine rings is 2. The van der Waals surface area contributed by atoms with Crippen LogP contribution in [0, 0.1) is 11.7 Å². The minimum Gasteiger partial charge on any atom is -0.367 e. The largest absolute Gasteiger partial charge is 0.367 e. The van der Waals surface area contributed by atoms with Gasteiger partial charge in [-0.25, -0.2) is 19.0 Å². The second-order valence-corrected chi connectivity index (χ2v) is 15.5. The number of nitrogens with two attached hydrogens (primary N) is 1. The number of urea groups is 2. The second-order valence-electron chi connectivity index (χ2n) is 15.5. The van der Waals surface area contributed by atoms with Crippen LogP contribution in [-0.4, -0.2) is 150 Å². The van der Waals surface area contributed by atoms with Crippen molar-refractivity contribution in [3.63, 3.8) is 0 Å². The molecular formula is C38H49FN14O4. The van der Waals surface area contributed by atoms with Gasteiger partial charge >= 0.3 is 12.1 Å². The molecule has 57 heavy (non-hydrogen) atoms. The molecule has 0 bridgehead atoms. The number of pyridine rings is 1. The van der Waals surface area contributed by atoms with E-state index in [1.54, 1.807) is 30.3 Å². The molecule has 2 aromatic heterocycles. The summed E-state index contributed by atoms with van der Waals surface area (Å²) in [5.41, 5.74) is 7.06. The van der Waals surface area contributed by atoms with Crippen LogP contribution in [0.3, 0.4) is 0 Å². The van der Waals surface area contributed by atoms with Crippen molar-refractivity contribution in [2.75, 3.05) is 111 Å². The van der Waals surface area contributed by atoms with Crippen molar-refractivity contribution in [2.45, 2.75) is 38.1 Å². The number of halogens is 1. The average Bonchev–Trinajstić information content (AvgIpc) is 3.55. The van der Waals surface area contributed by atoms with E-state index < -0.39 is 17.8 Å². The van der Waals surface area contributed by atoms with E-state index in [9.17, 15) is 19.2 Å². The topological polar surface area (TPSA) is 193 Å². The van der Waals surface area contributed by atoms with Gasteiger partial charge in [0, 0.05) is 97.7 Å². The number of nitrogens with zero attached hydrogens (tertiary/aromatic N) is 11. The van der Waals surface area contributed by atoms with Gasteiger partial charge in [-0.2, -0.15) is 4.98 Å². The first-order valence-corrected chi connectivity index (χ1v) is 19.8. The van der Waals surface area contributed by atoms with Crippen molar-refractivity contribution in [3.05, 3.63) is 48.0 Å². The Morgan fingerprint density at radius 1 is 0.912 bits per heavy atom. The Bertz CT molecular complexity index is 1990. The molecule has 6 amide bonds. The maximum absolute atomic E-state index is 15.7. The van der Waals surface area contributed by atoms with Crippen LogP contribution in [0.25, 0.3) is 0 Å². The van der Waals surface area contributed by atoms with Gasteiger partial charge in [-0.05, 0) is 61.9 Å². The van der Waals surface area contributed by atoms with E-state index >= 15 is 4.39 Å². The molecule has 4 N–H and O–H groups in total. The number of piperazine rings is 1. The van der Waals surface area contributed by atoms with Crippen molar-refractivity contribution in [3.8, 4) is 0 Å². The summed E-state index contributed by atoms with van der Waals surface area (Å²) in [5.74, 6) is 0.380. The zero-order valence-electron chi connectivity index (χ0n) is 32.1. The summed E-state index contributed by atoms with van der Waals surface area (Å²) in [6.07, 6.45) is 5.77. The van der Waals surface area contributed by atoms with Gasteiger partial charge in [-0.3, -0.25) is 24.7 Å². The standard InChI is InChI=1S/C38H49FN14O4/c1-47-15-20-53(38(47)57)28-3-2-11-51(24-28)36-44-35(33(34(40)55)45-46-36)42-26-4-6-30(29(39)21-26)49-18-16-48(17-19-49)23-25-8-12-50(13-9-25)31-7-5-27(22-41-31)52-14-10-32(54)43-37(52)56/h4-7,21-22,25,28H,2-3,8-20,23-24H2,1H3,(H2,40,55)(H,42,44,46)(H,43,54,56)/t28-/m1/s1. The number of carbonyl (C=O) groups is 4. The van der Waals surface area contributed by atoms with Gasteiger partial charge in [0.25, 0.3) is 5.91 Å². The van der Waals surface area contributed by atoms with Crippen molar-refractivity contribution in [2.24, 2.45) is 11.7 Å². The predicted octanol–water partition coefficient (Wildman–Crippen LogP) is 2.07. The molecular weight excluding hydrogens is 736 g/mol. The molecule has 1 aromatic carbocycles. The second kappa shape index (κ2) is 16.3. The first kappa shape index (κ1) is 38.0. The number of primary amides is 1. The van der Waals surface area contributed by atoms with Gasteiger partial charge in [0.2, 0.25) is 11.9 Å². The molecule has 5 aliphatic rings. The zero-order chi connectivity index (χ0) is 39.6. The molecule has 0 spiro atoms. The van der Waals surface area contributed by atoms with Crippen LogP contribution < -0.4 is 36.0 Å². The number of hydrogen-bond acceptors (Lipinski definition) is 13. The van der Waals surface area contributed by atoms with Gasteiger partial charge in [0.15, 0.2) is 11.5 Å². The third-order valence-electron chi connectivity index (χ3n) is 11.8. The lowest BCUT2D eigenvalue weighted by Gasteiger charge is -2.40. The van der Waals surface area contributed by atoms with Crippen LogP contribution in [0.1, 0.15) is 42.6 Å². The Morgan fingerprint density at radius 2 is 1.72 bits per heavy atom. The molecule has 18 nitrogen and oxygen atoms in total. The third kappa shape index (κ3) is 8.33. The number of likely N-dealkylation sites (N-methyl/N-ethyl adjacent to an activating group) is 1. The van der Waals surface area contributed by atoms with Gasteiger partial charge < -0.3 is 35.6 Å². The third-order valence-corrected chi connectivity index (χ3v) is 11.8. The smallest absolute Gasteiger partial charge is 0.328 e. The molecule has 5 fully saturated rings. The molecule has 5 aliphatic heterocycles. The van der Waals surface area contributed by atoms with Crippen molar-refractivity contribution in [1.82, 2.24) is 40.2 Å². The average molecular weight is 785 g/mol. The zero-order valence-corrected chi connectivity index (χ0v) is 32.1. The minimum absolute atomic E-state index is 0.0111. The monoisotopic (exact) mass is 784 g/mol. The molecule has 1 atom stereocenters. The van der Waals surface area contributed by atoms with Gasteiger partial charge in [0.1, 0.15) is 11.6 Å². The Morgan fingerprint density at radius 3 is 2.40 bits per heavy atom. The highest BCUT2D eigenvalue weighted by molar-refractivity contribution is 6.05. The summed E-state index contributed by atoms with van der Waals surface area (Å²) >= 11 is 0. The Labute approximate surface area is 330 Å². The fourth-order valence-corrected chi connectivity index (χ4v) is 8.50. The highest BCUT2D eigenvalue weighted by Crippen LogP contribution is 2.30. The molecule has 5 saturated heterocycles. The number of hydrogen-bond donors (Lipinski definition) is 3. The summed E-state index contributed by atoms with van der Waals surface area (Å²) in [7, 11) is 1.80. The van der Waals surface area contributed by atoms with Crippen LogP contribution in [0.5, 0.6) is 0 Å². The van der Waals surface area contributed by atoms with Crippen LogP contribution in [0.4, 0.5) is 48.6 Å². The number of carbonyl (C=O) groups excluding carboxylic acids is 4. The van der Waals surface area contributed by atoms with E-state index in [1.807, 2.05) is 21.9 Å². The molecule has 0 radical (unpaired) electrons. The molecule has 302 valence electrons. The van der Waals surface area contributed by atoms with E-state index in [-0.39, 0.29) is 35.9 Å². The predicted molar refractivity (Wildman–Crippen MR) is 211 cm³/mol. The highest BCUT2D eigenvalue weighted by atomic mass is 19.1. The lowest BCUT2D eigenvalue weighted by atomic mass is 9.96. The van der Waals surface area contributed by atoms with Crippen LogP contribution in [0.2, 0.25) is 0 Å². The Hall–Kier alpha value is -5.85. The van der Waals surface area contributed by atoms with Crippen LogP contribution >= 0.6 is 0 Å². The van der Waals surface area contributed by atoms with Crippen molar-refractivity contribution < 1.29 is 23.6 Å². The quantitative estimate of drug-likeness (QED) is 0.271. The van der Waals surface area contributed by atoms with Gasteiger partial charge in [-0.15, -0.1) is 10.2 Å². The lowest BCUT2D eigenvalue weighted by Crippen LogP contribution is -2.49. The number of benzene rings is 1. The maximum atomic E-state index is 15.7. The summed E-state index contributed by atoms with van der Waals surface area (Å²) in [6, 6.07) is 8.32. The fraction of sp³-hybridized carbons (Fsp3) is 0.526. The summed E-state index contributed by atoms with van der Waals surface area (Å²) in [5, 5.41) is 13.7. The van der Waals surface area contributed by atoms with E-state index in [4.69, 9.17) is 5.73 Å². The fourth-order valence-electron chi connectivity index (χ4n) is 8.50. The molecule has 3 aromatic rings. The number of aromatic nitrogens is 4. The van der Waals surface area contributed by atoms with Crippen molar-refractivity contribution >= 4 is 58.5 Å². The molecule has 8 rings (SSSR count). The Balaban J connectivity index is 0.824. The number of anilines is 6. The minimum atomic E-state index is -0.805. The number of imide groups is 1. The summed E-state index contributed by atoms with van der Waals surface area (Å²) < 4.78 is 15.7. The van der Waals surface area contributed by atoms with E-state index in [0.717, 1.165) is 64.2 Å². The molecule has 0 saturated carbocycles. The molecule has 19 heteroatoms. The Kier molecular flexibility index (Phi) is 10.9. The summed E-state index contributed by atoms with van der Waals surface area (Å²) in [6.45, 7) is 8.75. The van der Waals surface area contributed by atoms with Crippen LogP contribution in [-0.2, 0) is 4.79 Å². The molecule has 0 unspecified atom stereocenters. The maximum Gasteiger partial charge on any atom is 0.328 e. The number of nitrogens with one attached hydrogen (secondary N) is 2. The number of rotatable bonds is 10. The van der Waals surface area contributed by atoms with Gasteiger partial charge in [-0.1, -0.05) is 0 Å². The highest BCUT2D eigenvalue weighted by Gasteiger charge is 2.35. The number of amides is 6. The summed E-state index contributed by atoms with van der Waals surface area (Å²) in [4.78, 5) is 71.7. The first-order chi connectivity index (χ1) is 27.6. The normalized spacial score (nSPS) is 21.4. The van der Waals surface area contributed by atoms with Crippen LogP contribution in [0.15, 0.2) is 36.5 Å². The van der Waals surface area contributed by atoms with Crippen molar-refractivity contribution in [1.29, 1.82) is 0 Å². The van der Waals surface area contributed by atoms with E-state index in [2.05, 4.69) is 45.5 Å².